The van der Waals surface area contributed by atoms with Crippen LogP contribution in [0.1, 0.15) is 26.5 Å². The number of nitrogens with one attached hydrogen (secondary N) is 1. The lowest BCUT2D eigenvalue weighted by Crippen LogP contribution is -2.18. The summed E-state index contributed by atoms with van der Waals surface area (Å²) < 4.78 is 90.7. The number of benzene rings is 1. The van der Waals surface area contributed by atoms with Crippen LogP contribution in [0.25, 0.3) is 0 Å². The molecule has 2 heterocycles. The molecule has 0 bridgehead atoms. The van der Waals surface area contributed by atoms with Crippen LogP contribution >= 0.6 is 37.9 Å². The fourth-order valence-electron chi connectivity index (χ4n) is 2.77. The molecule has 0 aliphatic rings. The predicted molar refractivity (Wildman–Crippen MR) is 133 cm³/mol. The summed E-state index contributed by atoms with van der Waals surface area (Å²) in [6.07, 6.45) is -8.57. The summed E-state index contributed by atoms with van der Waals surface area (Å²) in [6.45, 7) is 0. The van der Waals surface area contributed by atoms with Crippen molar-refractivity contribution < 1.29 is 50.1 Å². The smallest absolute Gasteiger partial charge is 0.455 e. The van der Waals surface area contributed by atoms with Gasteiger partial charge in [0.15, 0.2) is 22.9 Å². The molecule has 0 saturated carbocycles. The van der Waals surface area contributed by atoms with Crippen LogP contribution in [0.3, 0.4) is 0 Å². The van der Waals surface area contributed by atoms with Gasteiger partial charge in [-0.25, -0.2) is 9.97 Å². The average Bonchev–Trinajstić information content (AvgIpc) is 2.78. The molecular weight excluding hydrogens is 598 g/mol. The Kier molecular flexibility index (Phi) is 8.71. The number of thiol groups is 3. The maximum absolute atomic E-state index is 13.4. The third-order valence-electron chi connectivity index (χ3n) is 4.28. The first kappa shape index (κ1) is 30.0. The van der Waals surface area contributed by atoms with Gasteiger partial charge in [0.25, 0.3) is 11.8 Å². The largest absolute Gasteiger partial charge is 0.573 e. The van der Waals surface area contributed by atoms with Crippen LogP contribution in [0.5, 0.6) is 23.0 Å². The van der Waals surface area contributed by atoms with Gasteiger partial charge < -0.3 is 25.3 Å². The van der Waals surface area contributed by atoms with E-state index in [1.807, 2.05) is 0 Å². The number of halogens is 6. The van der Waals surface area contributed by atoms with Crippen molar-refractivity contribution in [3.63, 3.8) is 0 Å². The normalized spacial score (nSPS) is 12.0. The van der Waals surface area contributed by atoms with Gasteiger partial charge in [-0.3, -0.25) is 9.59 Å². The number of carbonyl (C=O) groups is 2. The number of alkyl halides is 6. The van der Waals surface area contributed by atoms with Crippen molar-refractivity contribution in [2.45, 2.75) is 16.1 Å². The molecule has 0 aliphatic carbocycles. The number of amides is 2. The molecule has 0 atom stereocenters. The van der Waals surface area contributed by atoms with Crippen molar-refractivity contribution in [1.82, 2.24) is 9.97 Å². The molecule has 18 heteroatoms. The maximum atomic E-state index is 13.4. The van der Waals surface area contributed by atoms with E-state index >= 15 is 0 Å². The molecule has 0 aliphatic heterocycles. The van der Waals surface area contributed by atoms with Crippen molar-refractivity contribution in [3.8, 4) is 23.0 Å². The highest BCUT2D eigenvalue weighted by molar-refractivity contribution is 8.16. The molecule has 2 amide bonds. The standard InChI is InChI=1S/C21H14F6N4O5S3/c22-19(23,24)9-5-15(16(30-7-9)18(33)31-10-1-3-12(17(28)32)29-8-10)34-13-4-2-11(35-20(25,26)27)6-14(13)36-21(37,38)39/h1-8,37-39H,(H2,28,32)(H,31,33). The molecule has 208 valence electrons. The molecule has 0 unspecified atom stereocenters. The summed E-state index contributed by atoms with van der Waals surface area (Å²) in [4.78, 5) is 31.3. The molecule has 3 aromatic rings. The van der Waals surface area contributed by atoms with Gasteiger partial charge in [0.1, 0.15) is 11.4 Å². The van der Waals surface area contributed by atoms with E-state index in [1.165, 1.54) is 12.1 Å². The summed E-state index contributed by atoms with van der Waals surface area (Å²) in [5.41, 5.74) is 3.00. The Morgan fingerprint density at radius 1 is 0.846 bits per heavy atom. The summed E-state index contributed by atoms with van der Waals surface area (Å²) in [7, 11) is 0. The molecule has 9 nitrogen and oxygen atoms in total. The number of nitrogens with two attached hydrogens (primary N) is 1. The minimum absolute atomic E-state index is 0.0142. The number of hydrogen-bond donors (Lipinski definition) is 5. The number of primary amides is 1. The number of nitrogens with zero attached hydrogens (tertiary/aromatic N) is 2. The second kappa shape index (κ2) is 11.3. The number of carbonyl (C=O) groups excluding carboxylic acids is 2. The second-order valence-corrected chi connectivity index (χ2v) is 10.2. The van der Waals surface area contributed by atoms with E-state index in [2.05, 4.69) is 57.9 Å². The maximum Gasteiger partial charge on any atom is 0.573 e. The van der Waals surface area contributed by atoms with Crippen LogP contribution in [0, 0.1) is 0 Å². The van der Waals surface area contributed by atoms with Gasteiger partial charge >= 0.3 is 12.5 Å². The molecule has 0 radical (unpaired) electrons. The highest BCUT2D eigenvalue weighted by atomic mass is 32.2. The van der Waals surface area contributed by atoms with Gasteiger partial charge in [-0.15, -0.1) is 51.1 Å². The van der Waals surface area contributed by atoms with Crippen LogP contribution in [0.4, 0.5) is 32.0 Å². The lowest BCUT2D eigenvalue weighted by Gasteiger charge is -2.22. The number of hydrogen-bond acceptors (Lipinski definition) is 10. The topological polar surface area (TPSA) is 126 Å². The van der Waals surface area contributed by atoms with E-state index in [0.717, 1.165) is 18.3 Å². The van der Waals surface area contributed by atoms with Crippen LogP contribution in [0.15, 0.2) is 48.8 Å². The molecule has 39 heavy (non-hydrogen) atoms. The molecule has 0 spiro atoms. The fourth-order valence-corrected chi connectivity index (χ4v) is 3.06. The summed E-state index contributed by atoms with van der Waals surface area (Å²) in [5.74, 6) is -4.48. The lowest BCUT2D eigenvalue weighted by molar-refractivity contribution is -0.274. The Balaban J connectivity index is 2.03. The fraction of sp³-hybridized carbons (Fsp3) is 0.143. The van der Waals surface area contributed by atoms with Crippen LogP contribution in [-0.4, -0.2) is 31.7 Å². The highest BCUT2D eigenvalue weighted by Gasteiger charge is 2.34. The zero-order chi connectivity index (χ0) is 29.2. The molecule has 0 saturated heterocycles. The first-order chi connectivity index (χ1) is 17.9. The van der Waals surface area contributed by atoms with E-state index in [9.17, 15) is 35.9 Å². The number of pyridine rings is 2. The SMILES string of the molecule is NC(=O)c1ccc(NC(=O)c2ncc(C(F)(F)F)cc2Oc2ccc(OC(F)(F)F)cc2OC(S)(S)S)cn1. The zero-order valence-corrected chi connectivity index (χ0v) is 21.4. The monoisotopic (exact) mass is 612 g/mol. The van der Waals surface area contributed by atoms with Crippen molar-refractivity contribution in [3.05, 3.63) is 65.7 Å². The number of anilines is 1. The second-order valence-electron chi connectivity index (χ2n) is 7.25. The van der Waals surface area contributed by atoms with Crippen LogP contribution in [0.2, 0.25) is 0 Å². The van der Waals surface area contributed by atoms with Gasteiger partial charge in [0.2, 0.25) is 3.60 Å². The minimum atomic E-state index is -5.08. The van der Waals surface area contributed by atoms with Gasteiger partial charge in [0, 0.05) is 12.3 Å². The predicted octanol–water partition coefficient (Wildman–Crippen LogP) is 5.32. The third kappa shape index (κ3) is 8.75. The van der Waals surface area contributed by atoms with E-state index in [4.69, 9.17) is 15.2 Å². The zero-order valence-electron chi connectivity index (χ0n) is 18.7. The molecular formula is C21H14F6N4O5S3. The average molecular weight is 613 g/mol. The van der Waals surface area contributed by atoms with Crippen molar-refractivity contribution in [1.29, 1.82) is 0 Å². The number of rotatable bonds is 8. The molecule has 0 fully saturated rings. The van der Waals surface area contributed by atoms with Gasteiger partial charge in [0.05, 0.1) is 17.4 Å². The van der Waals surface area contributed by atoms with Gasteiger partial charge in [-0.2, -0.15) is 13.2 Å². The first-order valence-electron chi connectivity index (χ1n) is 9.99. The van der Waals surface area contributed by atoms with Gasteiger partial charge in [-0.05, 0) is 30.3 Å². The third-order valence-corrected chi connectivity index (χ3v) is 4.56. The lowest BCUT2D eigenvalue weighted by atomic mass is 10.2. The Hall–Kier alpha value is -3.51. The minimum Gasteiger partial charge on any atom is -0.455 e. The summed E-state index contributed by atoms with van der Waals surface area (Å²) in [6, 6.07) is 5.20. The van der Waals surface area contributed by atoms with E-state index in [-0.39, 0.29) is 11.4 Å². The Bertz CT molecular complexity index is 1380. The quantitative estimate of drug-likeness (QED) is 0.133. The molecule has 3 rings (SSSR count). The molecule has 2 aromatic heterocycles. The number of aromatic nitrogens is 2. The summed E-state index contributed by atoms with van der Waals surface area (Å²) in [5, 5.41) is 2.31. The van der Waals surface area contributed by atoms with Crippen LogP contribution in [-0.2, 0) is 6.18 Å². The Labute approximate surface area is 231 Å². The van der Waals surface area contributed by atoms with Crippen LogP contribution < -0.4 is 25.3 Å². The first-order valence-corrected chi connectivity index (χ1v) is 11.3. The summed E-state index contributed by atoms with van der Waals surface area (Å²) >= 11 is 11.6. The van der Waals surface area contributed by atoms with E-state index in [1.54, 1.807) is 0 Å². The molecule has 3 N–H and O–H groups in total. The highest BCUT2D eigenvalue weighted by Crippen LogP contribution is 2.42. The van der Waals surface area contributed by atoms with E-state index < -0.39 is 62.2 Å². The van der Waals surface area contributed by atoms with Gasteiger partial charge in [-0.1, -0.05) is 0 Å². The van der Waals surface area contributed by atoms with Crippen molar-refractivity contribution in [2.75, 3.05) is 5.32 Å². The van der Waals surface area contributed by atoms with Crippen molar-refractivity contribution >= 4 is 55.4 Å². The number of ether oxygens (including phenoxy) is 3. The Morgan fingerprint density at radius 2 is 1.54 bits per heavy atom. The van der Waals surface area contributed by atoms with Crippen molar-refractivity contribution in [2.24, 2.45) is 5.73 Å². The van der Waals surface area contributed by atoms with E-state index in [0.29, 0.717) is 18.3 Å². The Morgan fingerprint density at radius 3 is 2.08 bits per heavy atom. The molecule has 1 aromatic carbocycles.